The minimum absolute atomic E-state index is 0.0144. The Labute approximate surface area is 132 Å². The van der Waals surface area contributed by atoms with Gasteiger partial charge in [0.15, 0.2) is 0 Å². The second-order valence-corrected chi connectivity index (χ2v) is 6.90. The average Bonchev–Trinajstić information content (AvgIpc) is 3.09. The van der Waals surface area contributed by atoms with E-state index in [9.17, 15) is 4.79 Å². The highest BCUT2D eigenvalue weighted by Crippen LogP contribution is 2.20. The molecule has 1 aromatic rings. The summed E-state index contributed by atoms with van der Waals surface area (Å²) in [4.78, 5) is 16.1. The van der Waals surface area contributed by atoms with Crippen LogP contribution in [0.2, 0.25) is 0 Å². The number of aromatic nitrogens is 2. The Kier molecular flexibility index (Phi) is 5.97. The molecule has 22 heavy (non-hydrogen) atoms. The Hall–Kier alpha value is -1.40. The Morgan fingerprint density at radius 2 is 2.36 bits per heavy atom. The molecule has 6 nitrogen and oxygen atoms in total. The van der Waals surface area contributed by atoms with Gasteiger partial charge in [-0.2, -0.15) is 0 Å². The van der Waals surface area contributed by atoms with Gasteiger partial charge in [-0.1, -0.05) is 20.8 Å². The molecule has 2 heterocycles. The second kappa shape index (κ2) is 7.74. The molecule has 0 unspecified atom stereocenters. The number of ether oxygens (including phenoxy) is 2. The zero-order valence-electron chi connectivity index (χ0n) is 13.7. The number of carbonyl (C=O) groups excluding carboxylic acids is 1. The number of carbonyl (C=O) groups is 1. The molecule has 1 fully saturated rings. The molecule has 0 saturated carbocycles. The number of amides is 1. The summed E-state index contributed by atoms with van der Waals surface area (Å²) in [5, 5.41) is 3.07. The highest BCUT2D eigenvalue weighted by molar-refractivity contribution is 5.77. The van der Waals surface area contributed by atoms with Crippen LogP contribution in [0, 0.1) is 5.41 Å². The van der Waals surface area contributed by atoms with Crippen LogP contribution < -0.4 is 5.32 Å². The molecule has 0 bridgehead atoms. The largest absolute Gasteiger partial charge is 0.376 e. The normalized spacial score (nSPS) is 20.0. The predicted octanol–water partition coefficient (Wildman–Crippen LogP) is 1.61. The molecule has 0 aromatic carbocycles. The predicted molar refractivity (Wildman–Crippen MR) is 83.4 cm³/mol. The van der Waals surface area contributed by atoms with Gasteiger partial charge in [0.2, 0.25) is 5.91 Å². The van der Waals surface area contributed by atoms with Gasteiger partial charge >= 0.3 is 0 Å². The zero-order valence-corrected chi connectivity index (χ0v) is 13.7. The molecule has 1 N–H and O–H groups in total. The fourth-order valence-corrected chi connectivity index (χ4v) is 2.44. The van der Waals surface area contributed by atoms with E-state index >= 15 is 0 Å². The second-order valence-electron chi connectivity index (χ2n) is 6.90. The molecule has 1 aliphatic rings. The first-order valence-corrected chi connectivity index (χ1v) is 7.89. The van der Waals surface area contributed by atoms with Crippen LogP contribution in [0.15, 0.2) is 18.7 Å². The fourth-order valence-electron chi connectivity index (χ4n) is 2.44. The topological polar surface area (TPSA) is 65.4 Å². The van der Waals surface area contributed by atoms with Crippen molar-refractivity contribution in [3.8, 4) is 0 Å². The van der Waals surface area contributed by atoms with Crippen molar-refractivity contribution in [1.29, 1.82) is 0 Å². The van der Waals surface area contributed by atoms with Gasteiger partial charge < -0.3 is 19.4 Å². The van der Waals surface area contributed by atoms with Gasteiger partial charge in [0.05, 0.1) is 25.1 Å². The van der Waals surface area contributed by atoms with Gasteiger partial charge in [-0.25, -0.2) is 4.98 Å². The molecule has 124 valence electrons. The van der Waals surface area contributed by atoms with Crippen molar-refractivity contribution in [2.45, 2.75) is 52.3 Å². The summed E-state index contributed by atoms with van der Waals surface area (Å²) < 4.78 is 12.9. The Balaban J connectivity index is 1.77. The molecular formula is C16H27N3O3. The molecule has 2 atom stereocenters. The van der Waals surface area contributed by atoms with E-state index in [2.05, 4.69) is 31.1 Å². The highest BCUT2D eigenvalue weighted by Gasteiger charge is 2.26. The summed E-state index contributed by atoms with van der Waals surface area (Å²) in [5.41, 5.74) is -0.0471. The fraction of sp³-hybridized carbons (Fsp3) is 0.750. The van der Waals surface area contributed by atoms with Crippen molar-refractivity contribution in [2.24, 2.45) is 5.41 Å². The van der Waals surface area contributed by atoms with Gasteiger partial charge in [-0.15, -0.1) is 0 Å². The first-order valence-electron chi connectivity index (χ1n) is 7.89. The van der Waals surface area contributed by atoms with Crippen LogP contribution in [0.25, 0.3) is 0 Å². The Bertz CT molecular complexity index is 448. The summed E-state index contributed by atoms with van der Waals surface area (Å²) >= 11 is 0. The lowest BCUT2D eigenvalue weighted by Crippen LogP contribution is -2.47. The summed E-state index contributed by atoms with van der Waals surface area (Å²) in [6, 6.07) is 0.0144. The van der Waals surface area contributed by atoms with E-state index in [1.165, 1.54) is 0 Å². The van der Waals surface area contributed by atoms with Crippen LogP contribution >= 0.6 is 0 Å². The first kappa shape index (κ1) is 17.0. The monoisotopic (exact) mass is 309 g/mol. The van der Waals surface area contributed by atoms with Gasteiger partial charge in [0, 0.05) is 25.5 Å². The van der Waals surface area contributed by atoms with Crippen molar-refractivity contribution in [3.63, 3.8) is 0 Å². The van der Waals surface area contributed by atoms with E-state index in [1.807, 2.05) is 10.8 Å². The molecular weight excluding hydrogens is 282 g/mol. The molecule has 1 saturated heterocycles. The van der Waals surface area contributed by atoms with Crippen molar-refractivity contribution in [3.05, 3.63) is 18.7 Å². The molecule has 1 aromatic heterocycles. The highest BCUT2D eigenvalue weighted by atomic mass is 16.5. The molecule has 0 spiro atoms. The minimum atomic E-state index is -0.0852. The Morgan fingerprint density at radius 3 is 2.95 bits per heavy atom. The summed E-state index contributed by atoms with van der Waals surface area (Å²) in [7, 11) is 0. The summed E-state index contributed by atoms with van der Waals surface area (Å²) in [6.07, 6.45) is 7.66. The van der Waals surface area contributed by atoms with Gasteiger partial charge in [0.1, 0.15) is 6.61 Å². The number of nitrogens with one attached hydrogen (secondary N) is 1. The maximum Gasteiger partial charge on any atom is 0.246 e. The lowest BCUT2D eigenvalue weighted by Gasteiger charge is -2.31. The van der Waals surface area contributed by atoms with E-state index in [0.717, 1.165) is 19.4 Å². The van der Waals surface area contributed by atoms with Crippen LogP contribution in [-0.4, -0.2) is 47.4 Å². The van der Waals surface area contributed by atoms with E-state index in [-0.39, 0.29) is 30.1 Å². The van der Waals surface area contributed by atoms with E-state index in [0.29, 0.717) is 13.2 Å². The smallest absolute Gasteiger partial charge is 0.246 e. The number of nitrogens with zero attached hydrogens (tertiary/aromatic N) is 2. The van der Waals surface area contributed by atoms with Crippen molar-refractivity contribution < 1.29 is 14.3 Å². The third-order valence-corrected chi connectivity index (χ3v) is 3.89. The van der Waals surface area contributed by atoms with Crippen LogP contribution in [0.3, 0.4) is 0 Å². The van der Waals surface area contributed by atoms with Crippen LogP contribution in [-0.2, 0) is 20.8 Å². The first-order chi connectivity index (χ1) is 10.4. The lowest BCUT2D eigenvalue weighted by molar-refractivity contribution is -0.128. The quantitative estimate of drug-likeness (QED) is 0.831. The van der Waals surface area contributed by atoms with E-state index in [4.69, 9.17) is 9.47 Å². The summed E-state index contributed by atoms with van der Waals surface area (Å²) in [5.74, 6) is -0.0852. The molecule has 6 heteroatoms. The maximum atomic E-state index is 12.1. The number of imidazole rings is 1. The van der Waals surface area contributed by atoms with Gasteiger partial charge in [0.25, 0.3) is 0 Å². The van der Waals surface area contributed by atoms with E-state index in [1.54, 1.807) is 12.5 Å². The van der Waals surface area contributed by atoms with Crippen molar-refractivity contribution in [1.82, 2.24) is 14.9 Å². The Morgan fingerprint density at radius 1 is 1.55 bits per heavy atom. The van der Waals surface area contributed by atoms with Gasteiger partial charge in [-0.3, -0.25) is 4.79 Å². The van der Waals surface area contributed by atoms with Crippen LogP contribution in [0.5, 0.6) is 0 Å². The third kappa shape index (κ3) is 5.42. The van der Waals surface area contributed by atoms with Crippen molar-refractivity contribution >= 4 is 5.91 Å². The number of hydrogen-bond donors (Lipinski definition) is 1. The zero-order chi connectivity index (χ0) is 16.0. The SMILES string of the molecule is CC(C)(C)[C@@H](Cn1ccnc1)NC(=O)COC[C@H]1CCCO1. The molecule has 1 amide bonds. The maximum absolute atomic E-state index is 12.1. The standard InChI is InChI=1S/C16H27N3O3/c1-16(2,3)14(9-19-7-6-17-12-19)18-15(20)11-21-10-13-5-4-8-22-13/h6-7,12-14H,4-5,8-11H2,1-3H3,(H,18,20)/t13-,14-/m1/s1. The van der Waals surface area contributed by atoms with E-state index < -0.39 is 0 Å². The van der Waals surface area contributed by atoms with Crippen LogP contribution in [0.1, 0.15) is 33.6 Å². The minimum Gasteiger partial charge on any atom is -0.376 e. The third-order valence-electron chi connectivity index (χ3n) is 3.89. The summed E-state index contributed by atoms with van der Waals surface area (Å²) in [6.45, 7) is 8.41. The van der Waals surface area contributed by atoms with Gasteiger partial charge in [-0.05, 0) is 18.3 Å². The molecule has 1 aliphatic heterocycles. The molecule has 0 radical (unpaired) electrons. The van der Waals surface area contributed by atoms with Crippen molar-refractivity contribution in [2.75, 3.05) is 19.8 Å². The molecule has 0 aliphatic carbocycles. The number of rotatable bonds is 7. The molecule has 2 rings (SSSR count). The average molecular weight is 309 g/mol. The number of hydrogen-bond acceptors (Lipinski definition) is 4. The lowest BCUT2D eigenvalue weighted by atomic mass is 9.86. The van der Waals surface area contributed by atoms with Crippen LogP contribution in [0.4, 0.5) is 0 Å².